The molecule has 2 amide bonds. The summed E-state index contributed by atoms with van der Waals surface area (Å²) >= 11 is 1.38. The number of piperazine rings is 1. The van der Waals surface area contributed by atoms with Crippen LogP contribution in [0.3, 0.4) is 0 Å². The van der Waals surface area contributed by atoms with Crippen molar-refractivity contribution < 1.29 is 18.0 Å². The maximum absolute atomic E-state index is 13.1. The largest absolute Gasteiger partial charge is 0.353 e. The van der Waals surface area contributed by atoms with Crippen molar-refractivity contribution in [3.63, 3.8) is 0 Å². The number of hydrogen-bond acceptors (Lipinski definition) is 5. The molecule has 7 nitrogen and oxygen atoms in total. The molecule has 3 fully saturated rings. The summed E-state index contributed by atoms with van der Waals surface area (Å²) in [5.74, 6) is -0.112. The Morgan fingerprint density at radius 3 is 2.62 bits per heavy atom. The molecule has 4 rings (SSSR count). The van der Waals surface area contributed by atoms with Crippen LogP contribution in [0.15, 0.2) is 17.5 Å². The molecule has 26 heavy (non-hydrogen) atoms. The zero-order valence-corrected chi connectivity index (χ0v) is 16.1. The van der Waals surface area contributed by atoms with Gasteiger partial charge >= 0.3 is 0 Å². The minimum atomic E-state index is -3.64. The van der Waals surface area contributed by atoms with Gasteiger partial charge in [0.05, 0.1) is 0 Å². The van der Waals surface area contributed by atoms with Gasteiger partial charge in [0.15, 0.2) is 0 Å². The summed E-state index contributed by atoms with van der Waals surface area (Å²) in [4.78, 5) is 27.2. The maximum atomic E-state index is 13.1. The molecule has 2 aliphatic heterocycles. The summed E-state index contributed by atoms with van der Waals surface area (Å²) < 4.78 is 27.6. The van der Waals surface area contributed by atoms with Gasteiger partial charge in [0.25, 0.3) is 0 Å². The number of nitrogens with zero attached hydrogens (tertiary/aromatic N) is 2. The molecular formula is C17H23N3O4S2. The molecule has 0 spiro atoms. The molecule has 0 bridgehead atoms. The Morgan fingerprint density at radius 2 is 1.96 bits per heavy atom. The van der Waals surface area contributed by atoms with E-state index in [0.29, 0.717) is 6.54 Å². The van der Waals surface area contributed by atoms with Gasteiger partial charge in [-0.2, -0.15) is 4.31 Å². The van der Waals surface area contributed by atoms with E-state index in [4.69, 9.17) is 0 Å². The zero-order valence-electron chi connectivity index (χ0n) is 14.5. The second-order valence-corrected chi connectivity index (χ2v) is 10.4. The van der Waals surface area contributed by atoms with Gasteiger partial charge in [0.2, 0.25) is 21.8 Å². The highest BCUT2D eigenvalue weighted by molar-refractivity contribution is 7.89. The number of amides is 2. The maximum Gasteiger partial charge on any atom is 0.243 e. The number of sulfonamides is 1. The Labute approximate surface area is 157 Å². The van der Waals surface area contributed by atoms with Gasteiger partial charge in [0, 0.05) is 37.0 Å². The van der Waals surface area contributed by atoms with E-state index in [-0.39, 0.29) is 37.4 Å². The summed E-state index contributed by atoms with van der Waals surface area (Å²) in [6.45, 7) is 1.07. The molecule has 1 N–H and O–H groups in total. The molecule has 0 radical (unpaired) electrons. The number of carbonyl (C=O) groups excluding carboxylic acids is 2. The number of thiophene rings is 1. The molecule has 1 saturated carbocycles. The van der Waals surface area contributed by atoms with Gasteiger partial charge < -0.3 is 10.2 Å². The molecule has 142 valence electrons. The first-order chi connectivity index (χ1) is 12.5. The van der Waals surface area contributed by atoms with Gasteiger partial charge in [0.1, 0.15) is 11.3 Å². The molecular weight excluding hydrogens is 374 g/mol. The van der Waals surface area contributed by atoms with Crippen LogP contribution >= 0.6 is 11.3 Å². The smallest absolute Gasteiger partial charge is 0.243 e. The molecule has 1 atom stereocenters. The Bertz CT molecular complexity index is 781. The quantitative estimate of drug-likeness (QED) is 0.820. The standard InChI is InChI=1S/C17H23N3O4S2/c21-16-15(14-6-3-9-25-14)20(8-7-18-16)26(23,24)13-10-19(11-13)17(22)12-4-1-2-5-12/h3,6,9,12-13,15H,1-2,4-5,7-8,10-11H2,(H,18,21). The summed E-state index contributed by atoms with van der Waals surface area (Å²) in [5.41, 5.74) is 0. The van der Waals surface area contributed by atoms with Crippen LogP contribution in [0.1, 0.15) is 36.6 Å². The third-order valence-corrected chi connectivity index (χ3v) is 8.71. The summed E-state index contributed by atoms with van der Waals surface area (Å²) in [6, 6.07) is 2.81. The average Bonchev–Trinajstić information content (AvgIpc) is 3.26. The van der Waals surface area contributed by atoms with Crippen LogP contribution in [0, 0.1) is 5.92 Å². The topological polar surface area (TPSA) is 86.8 Å². The Kier molecular flexibility index (Phi) is 4.79. The second-order valence-electron chi connectivity index (χ2n) is 7.21. The van der Waals surface area contributed by atoms with Crippen LogP contribution in [0.25, 0.3) is 0 Å². The number of rotatable bonds is 4. The third-order valence-electron chi connectivity index (χ3n) is 5.59. The number of nitrogens with one attached hydrogen (secondary N) is 1. The molecule has 1 unspecified atom stereocenters. The second kappa shape index (κ2) is 6.94. The van der Waals surface area contributed by atoms with E-state index in [2.05, 4.69) is 5.32 Å². The Hall–Kier alpha value is -1.45. The van der Waals surface area contributed by atoms with E-state index in [1.54, 1.807) is 11.0 Å². The minimum absolute atomic E-state index is 0.0679. The van der Waals surface area contributed by atoms with E-state index >= 15 is 0 Å². The monoisotopic (exact) mass is 397 g/mol. The van der Waals surface area contributed by atoms with E-state index in [1.807, 2.05) is 11.4 Å². The summed E-state index contributed by atoms with van der Waals surface area (Å²) in [6.07, 6.45) is 3.99. The molecule has 3 aliphatic rings. The van der Waals surface area contributed by atoms with Gasteiger partial charge in [-0.25, -0.2) is 8.42 Å². The normalized spacial score (nSPS) is 25.9. The van der Waals surface area contributed by atoms with Crippen molar-refractivity contribution in [2.75, 3.05) is 26.2 Å². The lowest BCUT2D eigenvalue weighted by molar-refractivity contribution is -0.138. The lowest BCUT2D eigenvalue weighted by Gasteiger charge is -2.44. The van der Waals surface area contributed by atoms with Crippen molar-refractivity contribution in [1.29, 1.82) is 0 Å². The van der Waals surface area contributed by atoms with Crippen molar-refractivity contribution in [2.24, 2.45) is 5.92 Å². The zero-order chi connectivity index (χ0) is 18.3. The third kappa shape index (κ3) is 3.05. The lowest BCUT2D eigenvalue weighted by Crippen LogP contribution is -2.63. The van der Waals surface area contributed by atoms with E-state index in [0.717, 1.165) is 30.6 Å². The molecule has 3 heterocycles. The highest BCUT2D eigenvalue weighted by Gasteiger charge is 2.48. The van der Waals surface area contributed by atoms with Crippen molar-refractivity contribution in [1.82, 2.24) is 14.5 Å². The van der Waals surface area contributed by atoms with Crippen LogP contribution in [0.2, 0.25) is 0 Å². The molecule has 2 saturated heterocycles. The molecule has 0 aromatic carbocycles. The fourth-order valence-electron chi connectivity index (χ4n) is 4.07. The predicted octanol–water partition coefficient (Wildman–Crippen LogP) is 0.952. The number of hydrogen-bond donors (Lipinski definition) is 1. The molecule has 1 aromatic heterocycles. The van der Waals surface area contributed by atoms with Gasteiger partial charge in [-0.05, 0) is 24.3 Å². The van der Waals surface area contributed by atoms with E-state index in [9.17, 15) is 18.0 Å². The van der Waals surface area contributed by atoms with Gasteiger partial charge in [-0.1, -0.05) is 18.9 Å². The van der Waals surface area contributed by atoms with Crippen molar-refractivity contribution in [2.45, 2.75) is 37.0 Å². The molecule has 1 aliphatic carbocycles. The van der Waals surface area contributed by atoms with Crippen molar-refractivity contribution >= 4 is 33.2 Å². The van der Waals surface area contributed by atoms with Crippen LogP contribution in [-0.2, 0) is 19.6 Å². The van der Waals surface area contributed by atoms with E-state index < -0.39 is 21.3 Å². The van der Waals surface area contributed by atoms with Gasteiger partial charge in [-0.15, -0.1) is 11.3 Å². The average molecular weight is 398 g/mol. The number of likely N-dealkylation sites (tertiary alicyclic amines) is 1. The summed E-state index contributed by atoms with van der Waals surface area (Å²) in [7, 11) is -3.64. The number of carbonyl (C=O) groups is 2. The first-order valence-electron chi connectivity index (χ1n) is 9.09. The fourth-order valence-corrected chi connectivity index (χ4v) is 6.94. The lowest BCUT2D eigenvalue weighted by atomic mass is 10.0. The van der Waals surface area contributed by atoms with E-state index in [1.165, 1.54) is 15.6 Å². The summed E-state index contributed by atoms with van der Waals surface area (Å²) in [5, 5.41) is 3.99. The minimum Gasteiger partial charge on any atom is -0.353 e. The molecule has 1 aromatic rings. The van der Waals surface area contributed by atoms with Crippen molar-refractivity contribution in [3.05, 3.63) is 22.4 Å². The van der Waals surface area contributed by atoms with Crippen LogP contribution in [-0.4, -0.2) is 60.9 Å². The Balaban J connectivity index is 1.47. The van der Waals surface area contributed by atoms with Crippen LogP contribution < -0.4 is 5.32 Å². The predicted molar refractivity (Wildman–Crippen MR) is 98.0 cm³/mol. The van der Waals surface area contributed by atoms with Crippen LogP contribution in [0.4, 0.5) is 0 Å². The van der Waals surface area contributed by atoms with Crippen molar-refractivity contribution in [3.8, 4) is 0 Å². The van der Waals surface area contributed by atoms with Gasteiger partial charge in [-0.3, -0.25) is 9.59 Å². The highest BCUT2D eigenvalue weighted by atomic mass is 32.2. The first kappa shape index (κ1) is 17.9. The van der Waals surface area contributed by atoms with Crippen LogP contribution in [0.5, 0.6) is 0 Å². The highest BCUT2D eigenvalue weighted by Crippen LogP contribution is 2.34. The molecule has 9 heteroatoms. The fraction of sp³-hybridized carbons (Fsp3) is 0.647. The Morgan fingerprint density at radius 1 is 1.23 bits per heavy atom. The first-order valence-corrected chi connectivity index (χ1v) is 11.5. The SMILES string of the molecule is O=C1NCCN(S(=O)(=O)C2CN(C(=O)C3CCCC3)C2)C1c1cccs1.